The Morgan fingerprint density at radius 2 is 1.57 bits per heavy atom. The van der Waals surface area contributed by atoms with E-state index in [2.05, 4.69) is 5.32 Å². The van der Waals surface area contributed by atoms with Gasteiger partial charge < -0.3 is 15.0 Å². The van der Waals surface area contributed by atoms with E-state index in [4.69, 9.17) is 27.9 Å². The number of sulfonamides is 1. The standard InChI is InChI=1S/C26H27Cl2N3O5S/c1-18(26(33)29-2)30(16-19-9-14-23(27)24(28)15-19)25(32)17-31(37(3,34)35)20-10-12-22(13-11-20)36-21-7-5-4-6-8-21/h4-15,18H,16-17H2,1-3H3,(H,29,33)/t18-/m0/s1. The van der Waals surface area contributed by atoms with Crippen LogP contribution in [0.2, 0.25) is 10.0 Å². The van der Waals surface area contributed by atoms with Crippen LogP contribution in [0.5, 0.6) is 11.5 Å². The van der Waals surface area contributed by atoms with Crippen molar-refractivity contribution < 1.29 is 22.7 Å². The molecular weight excluding hydrogens is 537 g/mol. The highest BCUT2D eigenvalue weighted by Gasteiger charge is 2.29. The molecule has 0 unspecified atom stereocenters. The second kappa shape index (κ2) is 12.3. The van der Waals surface area contributed by atoms with Crippen LogP contribution >= 0.6 is 23.2 Å². The summed E-state index contributed by atoms with van der Waals surface area (Å²) in [5.74, 6) is 0.162. The van der Waals surface area contributed by atoms with E-state index in [-0.39, 0.29) is 12.2 Å². The Bertz CT molecular complexity index is 1350. The molecular formula is C26H27Cl2N3O5S. The number of carbonyl (C=O) groups excluding carboxylic acids is 2. The molecule has 196 valence electrons. The summed E-state index contributed by atoms with van der Waals surface area (Å²) in [7, 11) is -2.39. The minimum atomic E-state index is -3.85. The van der Waals surface area contributed by atoms with Gasteiger partial charge in [0, 0.05) is 13.6 Å². The molecule has 0 saturated heterocycles. The van der Waals surface area contributed by atoms with E-state index in [1.165, 1.54) is 11.9 Å². The van der Waals surface area contributed by atoms with E-state index >= 15 is 0 Å². The summed E-state index contributed by atoms with van der Waals surface area (Å²) < 4.78 is 32.1. The third kappa shape index (κ3) is 7.61. The van der Waals surface area contributed by atoms with Crippen molar-refractivity contribution in [2.24, 2.45) is 0 Å². The van der Waals surface area contributed by atoms with Gasteiger partial charge >= 0.3 is 0 Å². The number of nitrogens with one attached hydrogen (secondary N) is 1. The predicted octanol–water partition coefficient (Wildman–Crippen LogP) is 4.72. The summed E-state index contributed by atoms with van der Waals surface area (Å²) in [5.41, 5.74) is 0.908. The molecule has 0 heterocycles. The average Bonchev–Trinajstić information content (AvgIpc) is 2.87. The van der Waals surface area contributed by atoms with Crippen LogP contribution < -0.4 is 14.4 Å². The molecule has 0 saturated carbocycles. The molecule has 0 fully saturated rings. The second-order valence-electron chi connectivity index (χ2n) is 8.24. The minimum absolute atomic E-state index is 0.0196. The number of halogens is 2. The van der Waals surface area contributed by atoms with Crippen molar-refractivity contribution in [3.63, 3.8) is 0 Å². The maximum Gasteiger partial charge on any atom is 0.244 e. The van der Waals surface area contributed by atoms with Crippen LogP contribution in [0, 0.1) is 0 Å². The number of nitrogens with zero attached hydrogens (tertiary/aromatic N) is 2. The number of para-hydroxylation sites is 1. The highest BCUT2D eigenvalue weighted by molar-refractivity contribution is 7.92. The quantitative estimate of drug-likeness (QED) is 0.385. The van der Waals surface area contributed by atoms with Gasteiger partial charge in [-0.25, -0.2) is 8.42 Å². The zero-order valence-corrected chi connectivity index (χ0v) is 22.8. The number of benzene rings is 3. The lowest BCUT2D eigenvalue weighted by Crippen LogP contribution is -2.50. The third-order valence-electron chi connectivity index (χ3n) is 5.53. The van der Waals surface area contributed by atoms with Gasteiger partial charge in [0.2, 0.25) is 21.8 Å². The Kier molecular flexibility index (Phi) is 9.42. The van der Waals surface area contributed by atoms with Gasteiger partial charge in [-0.2, -0.15) is 0 Å². The van der Waals surface area contributed by atoms with Crippen molar-refractivity contribution >= 4 is 50.7 Å². The molecule has 0 spiro atoms. The molecule has 0 aromatic heterocycles. The largest absolute Gasteiger partial charge is 0.457 e. The number of likely N-dealkylation sites (N-methyl/N-ethyl adjacent to an activating group) is 1. The molecule has 2 amide bonds. The van der Waals surface area contributed by atoms with Crippen LogP contribution in [0.4, 0.5) is 5.69 Å². The molecule has 0 radical (unpaired) electrons. The maximum absolute atomic E-state index is 13.5. The molecule has 0 aliphatic carbocycles. The SMILES string of the molecule is CNC(=O)[C@H](C)N(Cc1ccc(Cl)c(Cl)c1)C(=O)CN(c1ccc(Oc2ccccc2)cc1)S(C)(=O)=O. The first-order valence-corrected chi connectivity index (χ1v) is 13.9. The molecule has 1 atom stereocenters. The predicted molar refractivity (Wildman–Crippen MR) is 146 cm³/mol. The molecule has 3 aromatic rings. The number of hydrogen-bond acceptors (Lipinski definition) is 5. The number of rotatable bonds is 10. The second-order valence-corrected chi connectivity index (χ2v) is 11.0. The summed E-state index contributed by atoms with van der Waals surface area (Å²) in [6.45, 7) is 1.07. The smallest absolute Gasteiger partial charge is 0.244 e. The zero-order chi connectivity index (χ0) is 27.2. The monoisotopic (exact) mass is 563 g/mol. The molecule has 1 N–H and O–H groups in total. The highest BCUT2D eigenvalue weighted by atomic mass is 35.5. The van der Waals surface area contributed by atoms with E-state index in [1.54, 1.807) is 61.5 Å². The average molecular weight is 564 g/mol. The zero-order valence-electron chi connectivity index (χ0n) is 20.5. The normalized spacial score (nSPS) is 11.9. The van der Waals surface area contributed by atoms with Crippen molar-refractivity contribution in [1.82, 2.24) is 10.2 Å². The number of anilines is 1. The van der Waals surface area contributed by atoms with Gasteiger partial charge in [0.25, 0.3) is 0 Å². The summed E-state index contributed by atoms with van der Waals surface area (Å²) in [6, 6.07) is 19.5. The molecule has 3 aromatic carbocycles. The Labute approximate surface area is 226 Å². The fourth-order valence-corrected chi connectivity index (χ4v) is 4.72. The fourth-order valence-electron chi connectivity index (χ4n) is 3.54. The molecule has 11 heteroatoms. The minimum Gasteiger partial charge on any atom is -0.457 e. The number of amides is 2. The maximum atomic E-state index is 13.5. The summed E-state index contributed by atoms with van der Waals surface area (Å²) >= 11 is 12.1. The van der Waals surface area contributed by atoms with Gasteiger partial charge in [-0.05, 0) is 61.0 Å². The third-order valence-corrected chi connectivity index (χ3v) is 7.41. The van der Waals surface area contributed by atoms with Crippen LogP contribution in [0.25, 0.3) is 0 Å². The molecule has 37 heavy (non-hydrogen) atoms. The van der Waals surface area contributed by atoms with E-state index in [0.717, 1.165) is 10.6 Å². The Balaban J connectivity index is 1.86. The van der Waals surface area contributed by atoms with Crippen LogP contribution in [0.3, 0.4) is 0 Å². The number of carbonyl (C=O) groups is 2. The van der Waals surface area contributed by atoms with Gasteiger partial charge in [0.05, 0.1) is 22.0 Å². The van der Waals surface area contributed by atoms with E-state index in [9.17, 15) is 18.0 Å². The lowest BCUT2D eigenvalue weighted by Gasteiger charge is -2.31. The molecule has 8 nitrogen and oxygen atoms in total. The first-order valence-electron chi connectivity index (χ1n) is 11.2. The Morgan fingerprint density at radius 3 is 2.14 bits per heavy atom. The number of hydrogen-bond donors (Lipinski definition) is 1. The first kappa shape index (κ1) is 28.3. The fraction of sp³-hybridized carbons (Fsp3) is 0.231. The van der Waals surface area contributed by atoms with E-state index in [1.807, 2.05) is 18.2 Å². The topological polar surface area (TPSA) is 96.0 Å². The number of ether oxygens (including phenoxy) is 1. The molecule has 0 bridgehead atoms. The lowest BCUT2D eigenvalue weighted by molar-refractivity contribution is -0.139. The first-order chi connectivity index (χ1) is 17.5. The van der Waals surface area contributed by atoms with Gasteiger partial charge in [0.1, 0.15) is 24.1 Å². The highest BCUT2D eigenvalue weighted by Crippen LogP contribution is 2.27. The van der Waals surface area contributed by atoms with Crippen molar-refractivity contribution in [2.45, 2.75) is 19.5 Å². The van der Waals surface area contributed by atoms with Crippen molar-refractivity contribution in [2.75, 3.05) is 24.2 Å². The van der Waals surface area contributed by atoms with Crippen molar-refractivity contribution in [1.29, 1.82) is 0 Å². The van der Waals surface area contributed by atoms with Gasteiger partial charge in [-0.15, -0.1) is 0 Å². The van der Waals surface area contributed by atoms with Crippen LogP contribution in [-0.2, 0) is 26.2 Å². The van der Waals surface area contributed by atoms with Crippen molar-refractivity contribution in [3.8, 4) is 11.5 Å². The Hall–Kier alpha value is -3.27. The Morgan fingerprint density at radius 1 is 0.946 bits per heavy atom. The van der Waals surface area contributed by atoms with Crippen LogP contribution in [0.1, 0.15) is 12.5 Å². The summed E-state index contributed by atoms with van der Waals surface area (Å²) in [5, 5.41) is 3.18. The van der Waals surface area contributed by atoms with Gasteiger partial charge in [0.15, 0.2) is 0 Å². The van der Waals surface area contributed by atoms with Crippen molar-refractivity contribution in [3.05, 3.63) is 88.4 Å². The molecule has 3 rings (SSSR count). The molecule has 0 aliphatic heterocycles. The van der Waals surface area contributed by atoms with Crippen LogP contribution in [-0.4, -0.2) is 51.0 Å². The van der Waals surface area contributed by atoms with Crippen LogP contribution in [0.15, 0.2) is 72.8 Å². The summed E-state index contributed by atoms with van der Waals surface area (Å²) in [4.78, 5) is 27.2. The van der Waals surface area contributed by atoms with Gasteiger partial charge in [-0.3, -0.25) is 13.9 Å². The lowest BCUT2D eigenvalue weighted by atomic mass is 10.1. The van der Waals surface area contributed by atoms with E-state index in [0.29, 0.717) is 27.1 Å². The molecule has 0 aliphatic rings. The van der Waals surface area contributed by atoms with Gasteiger partial charge in [-0.1, -0.05) is 47.5 Å². The summed E-state index contributed by atoms with van der Waals surface area (Å²) in [6.07, 6.45) is 1.01. The van der Waals surface area contributed by atoms with E-state index < -0.39 is 34.4 Å².